The Bertz CT molecular complexity index is 1020. The maximum Gasteiger partial charge on any atom is 0.435 e. The maximum absolute atomic E-state index is 12.9. The average Bonchev–Trinajstić information content (AvgIpc) is 3.10. The summed E-state index contributed by atoms with van der Waals surface area (Å²) < 4.78 is 44.4. The molecule has 174 valence electrons. The van der Waals surface area contributed by atoms with Gasteiger partial charge < -0.3 is 15.2 Å². The lowest BCUT2D eigenvalue weighted by atomic mass is 10.0. The Morgan fingerprint density at radius 1 is 1.41 bits per heavy atom. The van der Waals surface area contributed by atoms with E-state index in [0.29, 0.717) is 0 Å². The van der Waals surface area contributed by atoms with E-state index < -0.39 is 53.1 Å². The first kappa shape index (κ1) is 23.6. The first-order valence-electron chi connectivity index (χ1n) is 9.30. The van der Waals surface area contributed by atoms with Crippen LogP contribution in [0.5, 0.6) is 0 Å². The molecule has 0 spiro atoms. The molecule has 1 aromatic rings. The Hall–Kier alpha value is -3.03. The van der Waals surface area contributed by atoms with Gasteiger partial charge in [0, 0.05) is 23.9 Å². The van der Waals surface area contributed by atoms with E-state index in [1.807, 2.05) is 0 Å². The van der Waals surface area contributed by atoms with Crippen LogP contribution < -0.4 is 5.32 Å². The number of esters is 1. The second kappa shape index (κ2) is 8.48. The van der Waals surface area contributed by atoms with Crippen LogP contribution in [0, 0.1) is 6.92 Å². The summed E-state index contributed by atoms with van der Waals surface area (Å²) in [5.41, 5.74) is -1.09. The minimum Gasteiger partial charge on any atom is -0.477 e. The number of amides is 2. The summed E-state index contributed by atoms with van der Waals surface area (Å²) in [6.07, 6.45) is -4.67. The summed E-state index contributed by atoms with van der Waals surface area (Å²) in [7, 11) is 0. The van der Waals surface area contributed by atoms with Crippen molar-refractivity contribution >= 4 is 35.5 Å². The highest BCUT2D eigenvalue weighted by atomic mass is 32.2. The summed E-state index contributed by atoms with van der Waals surface area (Å²) >= 11 is 1.17. The van der Waals surface area contributed by atoms with Crippen LogP contribution in [0.25, 0.3) is 0 Å². The maximum atomic E-state index is 12.9. The second-order valence-corrected chi connectivity index (χ2v) is 8.33. The molecule has 14 heteroatoms. The zero-order chi connectivity index (χ0) is 24.0. The van der Waals surface area contributed by atoms with Crippen LogP contribution in [0.3, 0.4) is 0 Å². The standard InChI is InChI=1S/C18H19F3N4O6S/c1-7-4-11(18(19,20)21)23-25(7)8(2)14(27)22-12-15(28)24-13(17(29)30)10(5-31-9(3)26)6-32-16(12)24/h4,8,12,16H,5-6H2,1-3H3,(H,22,27)(H,29,30)/t8-,12+,16-/m1/s1. The van der Waals surface area contributed by atoms with Gasteiger partial charge in [0.1, 0.15) is 29.8 Å². The Morgan fingerprint density at radius 3 is 2.59 bits per heavy atom. The van der Waals surface area contributed by atoms with E-state index >= 15 is 0 Å². The number of fused-ring (bicyclic) bond motifs is 1. The van der Waals surface area contributed by atoms with Crippen molar-refractivity contribution < 1.29 is 42.2 Å². The van der Waals surface area contributed by atoms with Gasteiger partial charge in [0.15, 0.2) is 5.69 Å². The first-order chi connectivity index (χ1) is 14.8. The normalized spacial score (nSPS) is 21.6. The van der Waals surface area contributed by atoms with E-state index in [9.17, 15) is 37.5 Å². The molecule has 0 bridgehead atoms. The van der Waals surface area contributed by atoms with E-state index in [1.54, 1.807) is 0 Å². The number of carboxylic acid groups (broad SMARTS) is 1. The number of aromatic nitrogens is 2. The molecule has 3 rings (SSSR count). The minimum atomic E-state index is -4.67. The fourth-order valence-corrected chi connectivity index (χ4v) is 4.71. The number of thioether (sulfide) groups is 1. The summed E-state index contributed by atoms with van der Waals surface area (Å²) in [6.45, 7) is 3.59. The summed E-state index contributed by atoms with van der Waals surface area (Å²) in [5, 5.41) is 14.7. The number of ether oxygens (including phenoxy) is 1. The van der Waals surface area contributed by atoms with E-state index in [1.165, 1.54) is 32.5 Å². The van der Waals surface area contributed by atoms with Crippen LogP contribution in [0.2, 0.25) is 0 Å². The lowest BCUT2D eigenvalue weighted by Gasteiger charge is -2.49. The number of rotatable bonds is 6. The van der Waals surface area contributed by atoms with Gasteiger partial charge in [-0.3, -0.25) is 24.0 Å². The number of aryl methyl sites for hydroxylation is 1. The first-order valence-corrected chi connectivity index (χ1v) is 10.3. The monoisotopic (exact) mass is 476 g/mol. The van der Waals surface area contributed by atoms with Crippen LogP contribution >= 0.6 is 11.8 Å². The van der Waals surface area contributed by atoms with Crippen molar-refractivity contribution in [3.8, 4) is 0 Å². The summed E-state index contributed by atoms with van der Waals surface area (Å²) in [4.78, 5) is 49.0. The van der Waals surface area contributed by atoms with Crippen LogP contribution in [-0.2, 0) is 30.1 Å². The van der Waals surface area contributed by atoms with Crippen molar-refractivity contribution in [1.82, 2.24) is 20.0 Å². The highest BCUT2D eigenvalue weighted by Gasteiger charge is 2.54. The van der Waals surface area contributed by atoms with Crippen LogP contribution in [-0.4, -0.2) is 67.3 Å². The Labute approximate surface area is 183 Å². The fourth-order valence-electron chi connectivity index (χ4n) is 3.39. The molecule has 1 aromatic heterocycles. The van der Waals surface area contributed by atoms with Crippen LogP contribution in [0.4, 0.5) is 13.2 Å². The topological polar surface area (TPSA) is 131 Å². The number of carbonyl (C=O) groups is 4. The Kier molecular flexibility index (Phi) is 6.26. The van der Waals surface area contributed by atoms with Gasteiger partial charge in [0.05, 0.1) is 0 Å². The smallest absolute Gasteiger partial charge is 0.435 e. The van der Waals surface area contributed by atoms with Crippen molar-refractivity contribution in [1.29, 1.82) is 0 Å². The molecule has 2 aliphatic heterocycles. The van der Waals surface area contributed by atoms with Crippen molar-refractivity contribution in [3.05, 3.63) is 28.7 Å². The van der Waals surface area contributed by atoms with Gasteiger partial charge in [-0.05, 0) is 19.9 Å². The van der Waals surface area contributed by atoms with Gasteiger partial charge in [0.25, 0.3) is 5.91 Å². The third kappa shape index (κ3) is 4.31. The number of β-lactam (4-membered cyclic amide) rings is 1. The molecule has 10 nitrogen and oxygen atoms in total. The number of carboxylic acids is 1. The van der Waals surface area contributed by atoms with Gasteiger partial charge in [0.2, 0.25) is 5.91 Å². The van der Waals surface area contributed by atoms with E-state index in [0.717, 1.165) is 15.6 Å². The van der Waals surface area contributed by atoms with Gasteiger partial charge in [-0.15, -0.1) is 11.8 Å². The van der Waals surface area contributed by atoms with Gasteiger partial charge >= 0.3 is 18.1 Å². The zero-order valence-electron chi connectivity index (χ0n) is 17.1. The molecule has 2 amide bonds. The van der Waals surface area contributed by atoms with Crippen molar-refractivity contribution in [2.24, 2.45) is 0 Å². The molecule has 3 heterocycles. The third-order valence-corrected chi connectivity index (χ3v) is 6.30. The number of carbonyl (C=O) groups excluding carboxylic acids is 3. The number of nitrogens with one attached hydrogen (secondary N) is 1. The van der Waals surface area contributed by atoms with Crippen LogP contribution in [0.1, 0.15) is 31.3 Å². The van der Waals surface area contributed by atoms with Crippen molar-refractivity contribution in [2.75, 3.05) is 12.4 Å². The molecule has 0 aromatic carbocycles. The number of nitrogens with zero attached hydrogens (tertiary/aromatic N) is 3. The van der Waals surface area contributed by atoms with Gasteiger partial charge in [-0.1, -0.05) is 0 Å². The van der Waals surface area contributed by atoms with Gasteiger partial charge in [-0.25, -0.2) is 4.79 Å². The molecule has 0 unspecified atom stereocenters. The fraction of sp³-hybridized carbons (Fsp3) is 0.500. The van der Waals surface area contributed by atoms with E-state index in [4.69, 9.17) is 4.74 Å². The molecule has 2 aliphatic rings. The van der Waals surface area contributed by atoms with Crippen molar-refractivity contribution in [2.45, 2.75) is 44.4 Å². The second-order valence-electron chi connectivity index (χ2n) is 7.22. The predicted octanol–water partition coefficient (Wildman–Crippen LogP) is 1.07. The van der Waals surface area contributed by atoms with Gasteiger partial charge in [-0.2, -0.15) is 18.3 Å². The number of hydrogen-bond donors (Lipinski definition) is 2. The molecule has 3 atom stereocenters. The van der Waals surface area contributed by atoms with E-state index in [2.05, 4.69) is 10.4 Å². The van der Waals surface area contributed by atoms with Crippen LogP contribution in [0.15, 0.2) is 17.3 Å². The largest absolute Gasteiger partial charge is 0.477 e. The molecule has 1 fully saturated rings. The molecular weight excluding hydrogens is 457 g/mol. The quantitative estimate of drug-likeness (QED) is 0.461. The highest BCUT2D eigenvalue weighted by molar-refractivity contribution is 8.00. The average molecular weight is 476 g/mol. The molecule has 0 radical (unpaired) electrons. The van der Waals surface area contributed by atoms with E-state index in [-0.39, 0.29) is 29.3 Å². The summed E-state index contributed by atoms with van der Waals surface area (Å²) in [6, 6.07) is -1.39. The Morgan fingerprint density at radius 2 is 2.06 bits per heavy atom. The number of hydrogen-bond acceptors (Lipinski definition) is 7. The molecule has 0 aliphatic carbocycles. The minimum absolute atomic E-state index is 0.111. The molecular formula is C18H19F3N4O6S. The SMILES string of the molecule is CC(=O)OCC1=C(C(=O)O)N2C(=O)[C@H](NC(=O)[C@@H](C)n3nc(C(F)(F)F)cc3C)[C@H]2SC1. The summed E-state index contributed by atoms with van der Waals surface area (Å²) in [5.74, 6) is -3.26. The number of alkyl halides is 3. The molecule has 0 saturated carbocycles. The predicted molar refractivity (Wildman–Crippen MR) is 103 cm³/mol. The number of halogens is 3. The lowest BCUT2D eigenvalue weighted by Crippen LogP contribution is -2.71. The number of aliphatic carboxylic acids is 1. The zero-order valence-corrected chi connectivity index (χ0v) is 17.9. The molecule has 2 N–H and O–H groups in total. The lowest BCUT2D eigenvalue weighted by molar-refractivity contribution is -0.151. The highest BCUT2D eigenvalue weighted by Crippen LogP contribution is 2.40. The Balaban J connectivity index is 1.74. The molecule has 32 heavy (non-hydrogen) atoms. The third-order valence-electron chi connectivity index (χ3n) is 4.96. The van der Waals surface area contributed by atoms with Crippen molar-refractivity contribution in [3.63, 3.8) is 0 Å². The molecule has 1 saturated heterocycles.